The number of aromatic nitrogens is 2. The van der Waals surface area contributed by atoms with Gasteiger partial charge in [0.15, 0.2) is 11.3 Å². The molecule has 8 nitrogen and oxygen atoms in total. The zero-order valence-corrected chi connectivity index (χ0v) is 13.8. The molecule has 0 saturated heterocycles. The Balaban J connectivity index is 2.21. The fourth-order valence-electron chi connectivity index (χ4n) is 2.42. The number of hydrogen-bond acceptors (Lipinski definition) is 5. The van der Waals surface area contributed by atoms with E-state index >= 15 is 0 Å². The zero-order chi connectivity index (χ0) is 17.3. The van der Waals surface area contributed by atoms with Gasteiger partial charge in [-0.05, 0) is 39.5 Å². The van der Waals surface area contributed by atoms with E-state index in [9.17, 15) is 14.7 Å². The van der Waals surface area contributed by atoms with Gasteiger partial charge in [0.2, 0.25) is 0 Å². The molecule has 1 aliphatic rings. The van der Waals surface area contributed by atoms with Crippen LogP contribution in [0.1, 0.15) is 33.6 Å². The summed E-state index contributed by atoms with van der Waals surface area (Å²) < 4.78 is 11.7. The SMILES string of the molecule is COc1cnn(CC(NC(=O)OC(C)(C)C)(C(=O)O)C2CC2)c1. The summed E-state index contributed by atoms with van der Waals surface area (Å²) in [6, 6.07) is 0. The first kappa shape index (κ1) is 17.1. The van der Waals surface area contributed by atoms with E-state index in [0.29, 0.717) is 5.75 Å². The molecular weight excluding hydrogens is 302 g/mol. The van der Waals surface area contributed by atoms with Gasteiger partial charge in [-0.3, -0.25) is 4.68 Å². The van der Waals surface area contributed by atoms with Gasteiger partial charge in [-0.1, -0.05) is 0 Å². The quantitative estimate of drug-likeness (QED) is 0.824. The Hall–Kier alpha value is -2.25. The van der Waals surface area contributed by atoms with Crippen LogP contribution in [-0.4, -0.2) is 45.2 Å². The molecule has 1 heterocycles. The van der Waals surface area contributed by atoms with Crippen molar-refractivity contribution in [2.24, 2.45) is 5.92 Å². The smallest absolute Gasteiger partial charge is 0.408 e. The summed E-state index contributed by atoms with van der Waals surface area (Å²) in [6.07, 6.45) is 3.82. The average Bonchev–Trinajstić information content (AvgIpc) is 3.17. The molecule has 1 fully saturated rings. The Bertz CT molecular complexity index is 588. The van der Waals surface area contributed by atoms with Crippen LogP contribution in [-0.2, 0) is 16.1 Å². The number of carbonyl (C=O) groups excluding carboxylic acids is 1. The van der Waals surface area contributed by atoms with Gasteiger partial charge in [0.05, 0.1) is 26.0 Å². The molecule has 1 saturated carbocycles. The first-order chi connectivity index (χ1) is 10.7. The standard InChI is InChI=1S/C15H23N3O5/c1-14(2,3)23-13(21)17-15(12(19)20,10-5-6-10)9-18-8-11(22-4)7-16-18/h7-8,10H,5-6,9H2,1-4H3,(H,17,21)(H,19,20). The Morgan fingerprint density at radius 1 is 1.43 bits per heavy atom. The van der Waals surface area contributed by atoms with Gasteiger partial charge in [0, 0.05) is 0 Å². The summed E-state index contributed by atoms with van der Waals surface area (Å²) in [5, 5.41) is 16.4. The predicted molar refractivity (Wildman–Crippen MR) is 81.2 cm³/mol. The number of methoxy groups -OCH3 is 1. The van der Waals surface area contributed by atoms with Gasteiger partial charge in [-0.15, -0.1) is 0 Å². The Labute approximate surface area is 134 Å². The summed E-state index contributed by atoms with van der Waals surface area (Å²) in [6.45, 7) is 5.19. The highest BCUT2D eigenvalue weighted by Crippen LogP contribution is 2.41. The van der Waals surface area contributed by atoms with Gasteiger partial charge in [0.25, 0.3) is 0 Å². The molecule has 1 unspecified atom stereocenters. The minimum Gasteiger partial charge on any atom is -0.493 e. The minimum absolute atomic E-state index is 0.00953. The Kier molecular flexibility index (Phi) is 4.53. The van der Waals surface area contributed by atoms with Crippen LogP contribution in [0.25, 0.3) is 0 Å². The summed E-state index contributed by atoms with van der Waals surface area (Å²) in [7, 11) is 1.51. The molecule has 0 radical (unpaired) electrons. The van der Waals surface area contributed by atoms with Crippen LogP contribution < -0.4 is 10.1 Å². The summed E-state index contributed by atoms with van der Waals surface area (Å²) in [5.74, 6) is -0.722. The van der Waals surface area contributed by atoms with Crippen molar-refractivity contribution < 1.29 is 24.2 Å². The molecule has 1 amide bonds. The molecule has 0 aromatic carbocycles. The number of hydrogen-bond donors (Lipinski definition) is 2. The first-order valence-electron chi connectivity index (χ1n) is 7.47. The number of carboxylic acids is 1. The number of carboxylic acid groups (broad SMARTS) is 1. The van der Waals surface area contributed by atoms with Gasteiger partial charge in [0.1, 0.15) is 5.60 Å². The monoisotopic (exact) mass is 325 g/mol. The number of aliphatic carboxylic acids is 1. The number of rotatable bonds is 6. The summed E-state index contributed by atoms with van der Waals surface area (Å²) in [4.78, 5) is 24.1. The molecule has 23 heavy (non-hydrogen) atoms. The number of nitrogens with zero attached hydrogens (tertiary/aromatic N) is 2. The summed E-state index contributed by atoms with van der Waals surface area (Å²) in [5.41, 5.74) is -2.15. The molecule has 1 aromatic heterocycles. The maximum atomic E-state index is 12.1. The second-order valence-electron chi connectivity index (χ2n) is 6.76. The molecule has 0 aliphatic heterocycles. The molecule has 128 valence electrons. The van der Waals surface area contributed by atoms with E-state index in [4.69, 9.17) is 9.47 Å². The fraction of sp³-hybridized carbons (Fsp3) is 0.667. The average molecular weight is 325 g/mol. The number of amides is 1. The predicted octanol–water partition coefficient (Wildman–Crippen LogP) is 1.65. The highest BCUT2D eigenvalue weighted by Gasteiger charge is 2.53. The van der Waals surface area contributed by atoms with Crippen molar-refractivity contribution in [3.8, 4) is 5.75 Å². The van der Waals surface area contributed by atoms with Gasteiger partial charge in [-0.2, -0.15) is 5.10 Å². The lowest BCUT2D eigenvalue weighted by molar-refractivity contribution is -0.146. The Morgan fingerprint density at radius 3 is 2.52 bits per heavy atom. The number of alkyl carbamates (subject to hydrolysis) is 1. The lowest BCUT2D eigenvalue weighted by atomic mass is 9.93. The van der Waals surface area contributed by atoms with Crippen LogP contribution in [0.4, 0.5) is 4.79 Å². The van der Waals surface area contributed by atoms with Crippen molar-refractivity contribution >= 4 is 12.1 Å². The van der Waals surface area contributed by atoms with E-state index < -0.39 is 23.2 Å². The van der Waals surface area contributed by atoms with Crippen LogP contribution in [0, 0.1) is 5.92 Å². The molecule has 1 aliphatic carbocycles. The highest BCUT2D eigenvalue weighted by molar-refractivity contribution is 5.85. The lowest BCUT2D eigenvalue weighted by Crippen LogP contribution is -2.59. The fourth-order valence-corrected chi connectivity index (χ4v) is 2.42. The van der Waals surface area contributed by atoms with Crippen molar-refractivity contribution in [2.45, 2.75) is 51.3 Å². The van der Waals surface area contributed by atoms with Crippen molar-refractivity contribution in [1.82, 2.24) is 15.1 Å². The van der Waals surface area contributed by atoms with E-state index in [1.165, 1.54) is 18.0 Å². The zero-order valence-electron chi connectivity index (χ0n) is 13.8. The van der Waals surface area contributed by atoms with Crippen molar-refractivity contribution in [1.29, 1.82) is 0 Å². The van der Waals surface area contributed by atoms with Crippen LogP contribution in [0.2, 0.25) is 0 Å². The first-order valence-corrected chi connectivity index (χ1v) is 7.47. The molecule has 0 bridgehead atoms. The van der Waals surface area contributed by atoms with E-state index in [1.807, 2.05) is 0 Å². The lowest BCUT2D eigenvalue weighted by Gasteiger charge is -2.31. The van der Waals surface area contributed by atoms with Crippen LogP contribution in [0.3, 0.4) is 0 Å². The number of carbonyl (C=O) groups is 2. The van der Waals surface area contributed by atoms with Gasteiger partial charge >= 0.3 is 12.1 Å². The van der Waals surface area contributed by atoms with Crippen molar-refractivity contribution in [3.63, 3.8) is 0 Å². The van der Waals surface area contributed by atoms with Crippen molar-refractivity contribution in [3.05, 3.63) is 12.4 Å². The van der Waals surface area contributed by atoms with Gasteiger partial charge < -0.3 is 19.9 Å². The Morgan fingerprint density at radius 2 is 2.09 bits per heavy atom. The van der Waals surface area contributed by atoms with Crippen LogP contribution in [0.5, 0.6) is 5.75 Å². The number of ether oxygens (including phenoxy) is 2. The van der Waals surface area contributed by atoms with E-state index in [2.05, 4.69) is 10.4 Å². The molecule has 2 N–H and O–H groups in total. The van der Waals surface area contributed by atoms with E-state index in [0.717, 1.165) is 12.8 Å². The normalized spacial score (nSPS) is 17.2. The highest BCUT2D eigenvalue weighted by atomic mass is 16.6. The van der Waals surface area contributed by atoms with Crippen LogP contribution in [0.15, 0.2) is 12.4 Å². The van der Waals surface area contributed by atoms with E-state index in [1.54, 1.807) is 27.0 Å². The minimum atomic E-state index is -1.45. The topological polar surface area (TPSA) is 103 Å². The van der Waals surface area contributed by atoms with E-state index in [-0.39, 0.29) is 12.5 Å². The van der Waals surface area contributed by atoms with Crippen LogP contribution >= 0.6 is 0 Å². The molecule has 1 atom stereocenters. The number of nitrogens with one attached hydrogen (secondary N) is 1. The third-order valence-electron chi connectivity index (χ3n) is 3.64. The maximum Gasteiger partial charge on any atom is 0.408 e. The second-order valence-corrected chi connectivity index (χ2v) is 6.76. The van der Waals surface area contributed by atoms with Crippen molar-refractivity contribution in [2.75, 3.05) is 7.11 Å². The third kappa shape index (κ3) is 4.14. The third-order valence-corrected chi connectivity index (χ3v) is 3.64. The molecule has 1 aromatic rings. The molecule has 2 rings (SSSR count). The largest absolute Gasteiger partial charge is 0.493 e. The molecular formula is C15H23N3O5. The molecule has 8 heteroatoms. The van der Waals surface area contributed by atoms with Gasteiger partial charge in [-0.25, -0.2) is 9.59 Å². The summed E-state index contributed by atoms with van der Waals surface area (Å²) >= 11 is 0. The second kappa shape index (κ2) is 6.10. The maximum absolute atomic E-state index is 12.1. The molecule has 0 spiro atoms.